The largest absolute Gasteiger partial charge is 0.465 e. The highest BCUT2D eigenvalue weighted by Gasteiger charge is 2.12. The van der Waals surface area contributed by atoms with Crippen LogP contribution in [0.4, 0.5) is 4.79 Å². The number of carbonyl (C=O) groups is 1. The fraction of sp³-hybridized carbons (Fsp3) is 0.467. The first-order valence-corrected chi connectivity index (χ1v) is 11.2. The Balaban J connectivity index is 2.70. The van der Waals surface area contributed by atoms with Crippen molar-refractivity contribution < 1.29 is 14.7 Å². The number of halogens is 1. The summed E-state index contributed by atoms with van der Waals surface area (Å²) in [5.74, 6) is 0. The van der Waals surface area contributed by atoms with Crippen molar-refractivity contribution in [3.05, 3.63) is 34.3 Å². The molecule has 0 aliphatic carbocycles. The normalized spacial score (nSPS) is 12.1. The van der Waals surface area contributed by atoms with Gasteiger partial charge in [0.2, 0.25) is 0 Å². The minimum absolute atomic E-state index is 0.158. The monoisotopic (exact) mass is 342 g/mol. The summed E-state index contributed by atoms with van der Waals surface area (Å²) in [4.78, 5) is 15.9. The van der Waals surface area contributed by atoms with Gasteiger partial charge in [-0.05, 0) is 36.2 Å². The number of hydrogen-bond donors (Lipinski definition) is 2. The summed E-state index contributed by atoms with van der Waals surface area (Å²) in [5.41, 5.74) is 2.31. The number of amides is 1. The molecule has 2 N–H and O–H groups in total. The lowest BCUT2D eigenvalue weighted by Gasteiger charge is -2.14. The molecule has 0 aliphatic heterocycles. The van der Waals surface area contributed by atoms with Gasteiger partial charge in [-0.15, -0.1) is 0 Å². The highest BCUT2D eigenvalue weighted by atomic mass is 35.5. The van der Waals surface area contributed by atoms with Crippen LogP contribution in [0.25, 0.3) is 0 Å². The first-order chi connectivity index (χ1) is 10.2. The molecular formula is C15H23ClN2O3Si. The lowest BCUT2D eigenvalue weighted by atomic mass is 10.1. The summed E-state index contributed by atoms with van der Waals surface area (Å²) in [7, 11) is -1.12. The molecule has 0 unspecified atom stereocenters. The van der Waals surface area contributed by atoms with E-state index in [1.54, 1.807) is 6.07 Å². The Morgan fingerprint density at radius 2 is 2.09 bits per heavy atom. The van der Waals surface area contributed by atoms with Crippen LogP contribution in [0.3, 0.4) is 0 Å². The van der Waals surface area contributed by atoms with Crippen molar-refractivity contribution in [1.82, 2.24) is 5.32 Å². The van der Waals surface area contributed by atoms with Gasteiger partial charge >= 0.3 is 6.09 Å². The van der Waals surface area contributed by atoms with Gasteiger partial charge < -0.3 is 15.3 Å². The molecule has 0 atom stereocenters. The third kappa shape index (κ3) is 6.95. The summed E-state index contributed by atoms with van der Waals surface area (Å²) >= 11 is 6.06. The first kappa shape index (κ1) is 18.5. The van der Waals surface area contributed by atoms with Gasteiger partial charge in [0, 0.05) is 19.6 Å². The predicted octanol–water partition coefficient (Wildman–Crippen LogP) is 4.19. The van der Waals surface area contributed by atoms with Crippen molar-refractivity contribution in [3.63, 3.8) is 0 Å². The molecule has 22 heavy (non-hydrogen) atoms. The Morgan fingerprint density at radius 3 is 2.68 bits per heavy atom. The van der Waals surface area contributed by atoms with Gasteiger partial charge in [-0.2, -0.15) is 0 Å². The van der Waals surface area contributed by atoms with Crippen LogP contribution in [0.5, 0.6) is 0 Å². The highest BCUT2D eigenvalue weighted by molar-refractivity contribution is 6.76. The maximum atomic E-state index is 10.6. The zero-order valence-electron chi connectivity index (χ0n) is 13.4. The van der Waals surface area contributed by atoms with Gasteiger partial charge in [-0.3, -0.25) is 0 Å². The van der Waals surface area contributed by atoms with Crippen LogP contribution in [0, 0.1) is 0 Å². The average molecular weight is 343 g/mol. The second-order valence-corrected chi connectivity index (χ2v) is 12.3. The van der Waals surface area contributed by atoms with E-state index < -0.39 is 14.2 Å². The number of nitrogens with one attached hydrogen (secondary N) is 1. The fourth-order valence-electron chi connectivity index (χ4n) is 1.65. The van der Waals surface area contributed by atoms with Gasteiger partial charge in [-0.1, -0.05) is 42.5 Å². The number of nitrogens with zero attached hydrogens (tertiary/aromatic N) is 1. The quantitative estimate of drug-likeness (QED) is 0.338. The third-order valence-electron chi connectivity index (χ3n) is 3.04. The van der Waals surface area contributed by atoms with Gasteiger partial charge in [-0.25, -0.2) is 4.79 Å². The number of rotatable bonds is 7. The van der Waals surface area contributed by atoms with Crippen molar-refractivity contribution in [2.75, 3.05) is 6.61 Å². The molecule has 0 fully saturated rings. The molecular weight excluding hydrogens is 320 g/mol. The van der Waals surface area contributed by atoms with Crippen molar-refractivity contribution >= 4 is 31.5 Å². The minimum atomic E-state index is -1.12. The highest BCUT2D eigenvalue weighted by Crippen LogP contribution is 2.18. The predicted molar refractivity (Wildman–Crippen MR) is 92.6 cm³/mol. The Morgan fingerprint density at radius 1 is 1.41 bits per heavy atom. The zero-order chi connectivity index (χ0) is 16.8. The van der Waals surface area contributed by atoms with E-state index in [0.29, 0.717) is 17.2 Å². The van der Waals surface area contributed by atoms with E-state index in [1.807, 2.05) is 19.1 Å². The maximum absolute atomic E-state index is 10.6. The van der Waals surface area contributed by atoms with E-state index in [2.05, 4.69) is 30.1 Å². The topological polar surface area (TPSA) is 70.9 Å². The molecule has 0 spiro atoms. The Hall–Kier alpha value is -1.53. The van der Waals surface area contributed by atoms with Crippen LogP contribution in [0.15, 0.2) is 23.4 Å². The summed E-state index contributed by atoms with van der Waals surface area (Å²) in [6.45, 7) is 9.49. The summed E-state index contributed by atoms with van der Waals surface area (Å²) in [5, 5.41) is 15.6. The molecule has 122 valence electrons. The molecule has 1 aromatic carbocycles. The van der Waals surface area contributed by atoms with Gasteiger partial charge in [0.25, 0.3) is 0 Å². The number of carboxylic acid groups (broad SMARTS) is 1. The van der Waals surface area contributed by atoms with E-state index in [4.69, 9.17) is 21.5 Å². The average Bonchev–Trinajstić information content (AvgIpc) is 2.41. The molecule has 0 saturated carbocycles. The minimum Gasteiger partial charge on any atom is -0.465 e. The van der Waals surface area contributed by atoms with Crippen molar-refractivity contribution in [1.29, 1.82) is 0 Å². The zero-order valence-corrected chi connectivity index (χ0v) is 15.2. The van der Waals surface area contributed by atoms with Crippen molar-refractivity contribution in [3.8, 4) is 0 Å². The molecule has 1 rings (SSSR count). The lowest BCUT2D eigenvalue weighted by molar-refractivity contribution is 0.158. The summed E-state index contributed by atoms with van der Waals surface area (Å²) in [6.07, 6.45) is -1.08. The third-order valence-corrected chi connectivity index (χ3v) is 5.11. The first-order valence-electron chi connectivity index (χ1n) is 7.11. The summed E-state index contributed by atoms with van der Waals surface area (Å²) in [6, 6.07) is 6.45. The van der Waals surface area contributed by atoms with Crippen LogP contribution >= 0.6 is 11.6 Å². The Bertz CT molecular complexity index is 556. The second kappa shape index (κ2) is 8.19. The number of hydrogen-bond acceptors (Lipinski definition) is 3. The molecule has 1 amide bonds. The van der Waals surface area contributed by atoms with E-state index in [1.165, 1.54) is 0 Å². The Labute approximate surface area is 137 Å². The molecule has 0 heterocycles. The van der Waals surface area contributed by atoms with Crippen LogP contribution in [0.2, 0.25) is 30.7 Å². The molecule has 0 aliphatic rings. The number of benzene rings is 1. The van der Waals surface area contributed by atoms with Gasteiger partial charge in [0.1, 0.15) is 6.61 Å². The van der Waals surface area contributed by atoms with E-state index in [-0.39, 0.29) is 6.54 Å². The molecule has 5 nitrogen and oxygen atoms in total. The second-order valence-electron chi connectivity index (χ2n) is 6.29. The van der Waals surface area contributed by atoms with Gasteiger partial charge in [0.05, 0.1) is 5.71 Å². The van der Waals surface area contributed by atoms with Crippen molar-refractivity contribution in [2.24, 2.45) is 5.16 Å². The summed E-state index contributed by atoms with van der Waals surface area (Å²) < 4.78 is 0. The standard InChI is InChI=1S/C15H23ClN2O3Si/c1-11(18-21-7-8-22(2,3)4)12-5-6-14(16)13(9-12)10-17-15(19)20/h5-6,9,17H,7-8,10H2,1-4H3,(H,19,20)/b18-11+. The van der Waals surface area contributed by atoms with E-state index >= 15 is 0 Å². The number of oxime groups is 1. The molecule has 0 saturated heterocycles. The van der Waals surface area contributed by atoms with Crippen LogP contribution in [-0.2, 0) is 11.4 Å². The Kier molecular flexibility index (Phi) is 6.89. The maximum Gasteiger partial charge on any atom is 0.404 e. The van der Waals surface area contributed by atoms with Crippen molar-refractivity contribution in [2.45, 2.75) is 39.2 Å². The van der Waals surface area contributed by atoms with Gasteiger partial charge in [0.15, 0.2) is 0 Å². The molecule has 0 bridgehead atoms. The van der Waals surface area contributed by atoms with Crippen LogP contribution in [-0.4, -0.2) is 31.6 Å². The molecule has 0 aromatic heterocycles. The SMILES string of the molecule is C/C(=N\OCC[Si](C)(C)C)c1ccc(Cl)c(CNC(=O)O)c1. The molecule has 0 radical (unpaired) electrons. The lowest BCUT2D eigenvalue weighted by Crippen LogP contribution is -2.21. The fourth-order valence-corrected chi connectivity index (χ4v) is 2.54. The molecule has 7 heteroatoms. The van der Waals surface area contributed by atoms with E-state index in [0.717, 1.165) is 17.3 Å². The smallest absolute Gasteiger partial charge is 0.404 e. The van der Waals surface area contributed by atoms with Crippen LogP contribution < -0.4 is 5.32 Å². The van der Waals surface area contributed by atoms with E-state index in [9.17, 15) is 4.79 Å². The molecule has 1 aromatic rings. The van der Waals surface area contributed by atoms with Crippen LogP contribution in [0.1, 0.15) is 18.1 Å².